The Balaban J connectivity index is 0.000000147. The van der Waals surface area contributed by atoms with Gasteiger partial charge in [-0.2, -0.15) is 0 Å². The van der Waals surface area contributed by atoms with Gasteiger partial charge in [0.15, 0.2) is 34.9 Å². The minimum absolute atomic E-state index is 0.434. The Hall–Kier alpha value is -12.9. The molecule has 0 amide bonds. The Labute approximate surface area is 570 Å². The summed E-state index contributed by atoms with van der Waals surface area (Å²) in [5, 5.41) is 0. The van der Waals surface area contributed by atoms with Crippen molar-refractivity contribution < 1.29 is 0 Å². The molecule has 6 nitrogen and oxygen atoms in total. The van der Waals surface area contributed by atoms with Crippen molar-refractivity contribution in [3.8, 4) is 113 Å². The van der Waals surface area contributed by atoms with E-state index < -0.39 is 10.8 Å². The van der Waals surface area contributed by atoms with E-state index in [-0.39, 0.29) is 0 Å². The molecular formula is C92H62N6. The van der Waals surface area contributed by atoms with Crippen molar-refractivity contribution in [2.45, 2.75) is 10.8 Å². The van der Waals surface area contributed by atoms with Gasteiger partial charge in [-0.25, -0.2) is 29.9 Å². The average Bonchev–Trinajstić information content (AvgIpc) is 1.54. The molecule has 18 rings (SSSR count). The molecule has 0 fully saturated rings. The van der Waals surface area contributed by atoms with Crippen LogP contribution in [0, 0.1) is 0 Å². The number of nitrogens with zero attached hydrogens (tertiary/aromatic N) is 6. The maximum absolute atomic E-state index is 4.95. The number of hydrogen-bond donors (Lipinski definition) is 0. The summed E-state index contributed by atoms with van der Waals surface area (Å²) in [5.74, 6) is 3.93. The molecule has 0 atom stereocenters. The summed E-state index contributed by atoms with van der Waals surface area (Å²) in [7, 11) is 0. The molecule has 0 spiro atoms. The minimum atomic E-state index is -0.434. The number of aromatic nitrogens is 6. The minimum Gasteiger partial charge on any atom is -0.208 e. The molecule has 14 aromatic carbocycles. The Bertz CT molecular complexity index is 5230. The summed E-state index contributed by atoms with van der Waals surface area (Å²) in [4.78, 5) is 29.5. The highest BCUT2D eigenvalue weighted by molar-refractivity contribution is 5.96. The van der Waals surface area contributed by atoms with Gasteiger partial charge in [0, 0.05) is 33.4 Å². The topological polar surface area (TPSA) is 77.3 Å². The average molecular weight is 1250 g/mol. The molecular weight excluding hydrogens is 1190 g/mol. The third-order valence-electron chi connectivity index (χ3n) is 19.3. The molecule has 0 saturated heterocycles. The van der Waals surface area contributed by atoms with Crippen LogP contribution in [-0.4, -0.2) is 29.9 Å². The van der Waals surface area contributed by atoms with E-state index in [1.54, 1.807) is 0 Å². The Morgan fingerprint density at radius 2 is 0.408 bits per heavy atom. The monoisotopic (exact) mass is 1250 g/mol. The first-order valence-electron chi connectivity index (χ1n) is 33.2. The van der Waals surface area contributed by atoms with Crippen LogP contribution in [0.2, 0.25) is 0 Å². The van der Waals surface area contributed by atoms with Gasteiger partial charge < -0.3 is 0 Å². The second kappa shape index (κ2) is 25.4. The number of fused-ring (bicyclic) bond motifs is 6. The summed E-state index contributed by atoms with van der Waals surface area (Å²) in [5.41, 5.74) is 24.9. The van der Waals surface area contributed by atoms with Crippen LogP contribution in [0.4, 0.5) is 0 Å². The smallest absolute Gasteiger partial charge is 0.164 e. The van der Waals surface area contributed by atoms with Gasteiger partial charge in [-0.05, 0) is 95.1 Å². The molecule has 0 N–H and O–H groups in total. The SMILES string of the molecule is c1ccc(-c2nc(-c3ccccc3)nc(-c3ccc(-c4ccc5c(c4)C(c4ccccc4)(c4ccccc4)c4ccccc4-5)cc3)n2)cc1.c1ccc(-c2nc(-c3ccccc3)nc(-c3ccc(-c4cccc5c4-c4ccccc4C5(c4ccccc4)c4ccccc4)cc3)n2)cc1. The molecule has 460 valence electrons. The largest absolute Gasteiger partial charge is 0.208 e. The predicted molar refractivity (Wildman–Crippen MR) is 398 cm³/mol. The molecule has 0 saturated carbocycles. The van der Waals surface area contributed by atoms with Crippen molar-refractivity contribution >= 4 is 0 Å². The van der Waals surface area contributed by atoms with Crippen molar-refractivity contribution in [3.05, 3.63) is 421 Å². The summed E-state index contributed by atoms with van der Waals surface area (Å²) >= 11 is 0. The van der Waals surface area contributed by atoms with Crippen LogP contribution in [0.1, 0.15) is 44.5 Å². The van der Waals surface area contributed by atoms with Crippen molar-refractivity contribution in [3.63, 3.8) is 0 Å². The van der Waals surface area contributed by atoms with E-state index in [0.717, 1.165) is 44.5 Å². The second-order valence-electron chi connectivity index (χ2n) is 24.8. The summed E-state index contributed by atoms with van der Waals surface area (Å²) in [6.45, 7) is 0. The van der Waals surface area contributed by atoms with Gasteiger partial charge in [0.05, 0.1) is 10.8 Å². The fourth-order valence-corrected chi connectivity index (χ4v) is 14.8. The maximum Gasteiger partial charge on any atom is 0.164 e. The lowest BCUT2D eigenvalue weighted by molar-refractivity contribution is 0.768. The van der Waals surface area contributed by atoms with E-state index in [9.17, 15) is 0 Å². The lowest BCUT2D eigenvalue weighted by Gasteiger charge is -2.34. The number of benzene rings is 14. The molecule has 0 unspecified atom stereocenters. The van der Waals surface area contributed by atoms with Crippen LogP contribution in [-0.2, 0) is 10.8 Å². The summed E-state index contributed by atoms with van der Waals surface area (Å²) < 4.78 is 0. The fraction of sp³-hybridized carbons (Fsp3) is 0.0217. The quantitative estimate of drug-likeness (QED) is 0.121. The zero-order valence-corrected chi connectivity index (χ0v) is 53.5. The van der Waals surface area contributed by atoms with Gasteiger partial charge in [0.25, 0.3) is 0 Å². The van der Waals surface area contributed by atoms with E-state index in [1.165, 1.54) is 77.9 Å². The lowest BCUT2D eigenvalue weighted by Crippen LogP contribution is -2.28. The van der Waals surface area contributed by atoms with Crippen molar-refractivity contribution in [1.82, 2.24) is 29.9 Å². The van der Waals surface area contributed by atoms with Crippen LogP contribution < -0.4 is 0 Å². The normalized spacial score (nSPS) is 12.7. The van der Waals surface area contributed by atoms with E-state index >= 15 is 0 Å². The van der Waals surface area contributed by atoms with Crippen LogP contribution in [0.3, 0.4) is 0 Å². The van der Waals surface area contributed by atoms with Crippen molar-refractivity contribution in [1.29, 1.82) is 0 Å². The third kappa shape index (κ3) is 10.4. The molecule has 2 aliphatic carbocycles. The lowest BCUT2D eigenvalue weighted by atomic mass is 9.67. The molecule has 0 aliphatic heterocycles. The number of hydrogen-bond acceptors (Lipinski definition) is 6. The van der Waals surface area contributed by atoms with E-state index in [1.807, 2.05) is 121 Å². The highest BCUT2D eigenvalue weighted by Gasteiger charge is 2.48. The first-order valence-corrected chi connectivity index (χ1v) is 33.2. The highest BCUT2D eigenvalue weighted by Crippen LogP contribution is 2.59. The van der Waals surface area contributed by atoms with Gasteiger partial charge in [0.2, 0.25) is 0 Å². The predicted octanol–water partition coefficient (Wildman–Crippen LogP) is 21.8. The van der Waals surface area contributed by atoms with Gasteiger partial charge in [-0.15, -0.1) is 0 Å². The molecule has 0 bridgehead atoms. The molecule has 2 heterocycles. The van der Waals surface area contributed by atoms with Crippen LogP contribution in [0.25, 0.3) is 113 Å². The maximum atomic E-state index is 4.95. The Kier molecular flexibility index (Phi) is 15.3. The van der Waals surface area contributed by atoms with Crippen LogP contribution in [0.5, 0.6) is 0 Å². The molecule has 16 aromatic rings. The first-order chi connectivity index (χ1) is 48.6. The molecule has 0 radical (unpaired) electrons. The van der Waals surface area contributed by atoms with Gasteiger partial charge in [-0.1, -0.05) is 370 Å². The fourth-order valence-electron chi connectivity index (χ4n) is 14.8. The number of rotatable bonds is 12. The first kappa shape index (κ1) is 58.9. The van der Waals surface area contributed by atoms with Crippen molar-refractivity contribution in [2.75, 3.05) is 0 Å². The summed E-state index contributed by atoms with van der Waals surface area (Å²) in [6, 6.07) is 133. The van der Waals surface area contributed by atoms with Gasteiger partial charge in [0.1, 0.15) is 0 Å². The van der Waals surface area contributed by atoms with E-state index in [0.29, 0.717) is 34.9 Å². The van der Waals surface area contributed by atoms with E-state index in [4.69, 9.17) is 29.9 Å². The van der Waals surface area contributed by atoms with E-state index in [2.05, 4.69) is 255 Å². The molecule has 98 heavy (non-hydrogen) atoms. The van der Waals surface area contributed by atoms with Crippen molar-refractivity contribution in [2.24, 2.45) is 0 Å². The van der Waals surface area contributed by atoms with Crippen LogP contribution in [0.15, 0.2) is 376 Å². The molecule has 2 aliphatic rings. The Morgan fingerprint density at radius 3 is 0.796 bits per heavy atom. The zero-order chi connectivity index (χ0) is 65.2. The van der Waals surface area contributed by atoms with Gasteiger partial charge in [-0.3, -0.25) is 0 Å². The highest BCUT2D eigenvalue weighted by atomic mass is 15.0. The van der Waals surface area contributed by atoms with Crippen LogP contribution >= 0.6 is 0 Å². The zero-order valence-electron chi connectivity index (χ0n) is 53.5. The molecule has 6 heteroatoms. The second-order valence-corrected chi connectivity index (χ2v) is 24.8. The standard InChI is InChI=1S/2C46H31N3/c1-5-16-33(17-6-1)43-47-44(34-18-7-2-8-19-34)49-45(48-43)35-30-28-32(29-31-35)38-25-15-27-41-42(38)39-24-13-14-26-40(39)46(41,36-20-9-3-10-21-36)37-22-11-4-12-23-37;1-5-15-33(16-6-1)43-47-44(34-17-7-2-8-18-34)49-45(48-43)35-27-25-32(26-28-35)36-29-30-40-39-23-13-14-24-41(39)46(42(40)31-36,37-19-9-3-10-20-37)38-21-11-4-12-22-38/h2*1-31H. The summed E-state index contributed by atoms with van der Waals surface area (Å²) in [6.07, 6.45) is 0. The molecule has 2 aromatic heterocycles. The third-order valence-corrected chi connectivity index (χ3v) is 19.3. The van der Waals surface area contributed by atoms with Gasteiger partial charge >= 0.3 is 0 Å². The Morgan fingerprint density at radius 1 is 0.153 bits per heavy atom.